The minimum Gasteiger partial charge on any atom is -1.00 e. The maximum Gasteiger partial charge on any atom is 0.102 e. The van der Waals surface area contributed by atoms with Crippen molar-refractivity contribution in [1.82, 2.24) is 0 Å². The lowest BCUT2D eigenvalue weighted by atomic mass is 10.1. The van der Waals surface area contributed by atoms with Crippen LogP contribution in [0.15, 0.2) is 0 Å². The van der Waals surface area contributed by atoms with Crippen LogP contribution in [0.5, 0.6) is 0 Å². The van der Waals surface area contributed by atoms with Crippen molar-refractivity contribution < 1.29 is 52.4 Å². The average Bonchev–Trinajstić information content (AvgIpc) is 2.84. The van der Waals surface area contributed by atoms with Crippen molar-refractivity contribution in [2.24, 2.45) is 0 Å². The van der Waals surface area contributed by atoms with Crippen LogP contribution in [0.4, 0.5) is 0 Å². The van der Waals surface area contributed by atoms with Gasteiger partial charge >= 0.3 is 0 Å². The molecule has 0 aliphatic carbocycles. The first kappa shape index (κ1) is 45.8. The predicted octanol–water partition coefficient (Wildman–Crippen LogP) is 2.49. The molecule has 4 nitrogen and oxygen atoms in total. The van der Waals surface area contributed by atoms with Crippen molar-refractivity contribution >= 4 is 0 Å². The number of hydrogen-bond donors (Lipinski definition) is 0. The third-order valence-electron chi connectivity index (χ3n) is 7.20. The van der Waals surface area contributed by atoms with Gasteiger partial charge in [-0.15, -0.1) is 0 Å². The molecule has 0 rings (SSSR count). The molecule has 0 aromatic carbocycles. The van der Waals surface area contributed by atoms with Gasteiger partial charge in [-0.25, -0.2) is 0 Å². The van der Waals surface area contributed by atoms with E-state index in [1.807, 2.05) is 0 Å². The normalized spacial score (nSPS) is 11.4. The summed E-state index contributed by atoms with van der Waals surface area (Å²) in [5.74, 6) is 0. The number of ether oxygens (including phenoxy) is 2. The van der Waals surface area contributed by atoms with Crippen molar-refractivity contribution in [3.8, 4) is 0 Å². The van der Waals surface area contributed by atoms with Gasteiger partial charge in [-0.2, -0.15) is 0 Å². The van der Waals surface area contributed by atoms with E-state index in [4.69, 9.17) is 9.47 Å². The Labute approximate surface area is 262 Å². The van der Waals surface area contributed by atoms with Crippen LogP contribution < -0.4 is 34.0 Å². The number of likely N-dealkylation sites (N-methyl/N-ethyl adjacent to an activating group) is 2. The molecule has 0 radical (unpaired) electrons. The second-order valence-corrected chi connectivity index (χ2v) is 12.2. The van der Waals surface area contributed by atoms with Crippen LogP contribution in [0.2, 0.25) is 0 Å². The van der Waals surface area contributed by atoms with E-state index in [1.54, 1.807) is 0 Å². The molecule has 236 valence electrons. The maximum absolute atomic E-state index is 5.73. The third-order valence-corrected chi connectivity index (χ3v) is 7.20. The summed E-state index contributed by atoms with van der Waals surface area (Å²) in [6.45, 7) is 17.6. The fourth-order valence-corrected chi connectivity index (χ4v) is 4.22. The standard InChI is InChI=1S/2C16H36NO.2BrH/c1-5-7-9-10-11-12-13-17(3,4)14-16-18-15-8-6-2;1-5-7-9-11-13-17(3,4)14-16-18-15-12-10-8-6-2;;/h2*5-16H2,1-4H3;2*1H/q2*+1;;/p-2. The molecule has 0 aromatic rings. The zero-order valence-corrected chi connectivity index (χ0v) is 30.6. The van der Waals surface area contributed by atoms with E-state index in [0.717, 1.165) is 48.5 Å². The molecule has 0 aliphatic heterocycles. The Morgan fingerprint density at radius 2 is 0.658 bits per heavy atom. The van der Waals surface area contributed by atoms with Gasteiger partial charge in [0.25, 0.3) is 0 Å². The molecule has 0 heterocycles. The zero-order valence-electron chi connectivity index (χ0n) is 27.4. The van der Waals surface area contributed by atoms with Gasteiger partial charge in [-0.1, -0.05) is 91.9 Å². The van der Waals surface area contributed by atoms with Crippen molar-refractivity contribution in [2.75, 3.05) is 80.8 Å². The molecular weight excluding hydrogens is 604 g/mol. The fourth-order valence-electron chi connectivity index (χ4n) is 4.22. The van der Waals surface area contributed by atoms with Crippen LogP contribution >= 0.6 is 0 Å². The summed E-state index contributed by atoms with van der Waals surface area (Å²) in [4.78, 5) is 0. The van der Waals surface area contributed by atoms with Crippen LogP contribution in [-0.2, 0) is 9.47 Å². The molecule has 0 aliphatic rings. The Hall–Kier alpha value is 0.800. The van der Waals surface area contributed by atoms with Crippen LogP contribution in [0.25, 0.3) is 0 Å². The minimum absolute atomic E-state index is 0. The highest BCUT2D eigenvalue weighted by molar-refractivity contribution is 4.45. The fraction of sp³-hybridized carbons (Fsp3) is 1.00. The molecular formula is C32H72Br2N2O2. The highest BCUT2D eigenvalue weighted by Gasteiger charge is 2.14. The van der Waals surface area contributed by atoms with Crippen LogP contribution in [0.1, 0.15) is 130 Å². The first-order valence-corrected chi connectivity index (χ1v) is 16.0. The number of hydrogen-bond acceptors (Lipinski definition) is 2. The van der Waals surface area contributed by atoms with Gasteiger partial charge in [0.1, 0.15) is 13.1 Å². The van der Waals surface area contributed by atoms with E-state index in [2.05, 4.69) is 55.9 Å². The largest absolute Gasteiger partial charge is 1.00 e. The van der Waals surface area contributed by atoms with Gasteiger partial charge < -0.3 is 52.4 Å². The quantitative estimate of drug-likeness (QED) is 0.104. The lowest BCUT2D eigenvalue weighted by molar-refractivity contribution is -0.891. The van der Waals surface area contributed by atoms with E-state index in [0.29, 0.717) is 0 Å². The summed E-state index contributed by atoms with van der Waals surface area (Å²) >= 11 is 0. The van der Waals surface area contributed by atoms with Crippen LogP contribution in [0, 0.1) is 0 Å². The molecule has 0 atom stereocenters. The molecule has 0 saturated carbocycles. The van der Waals surface area contributed by atoms with Crippen LogP contribution in [-0.4, -0.2) is 89.8 Å². The lowest BCUT2D eigenvalue weighted by Gasteiger charge is -2.29. The Kier molecular flexibility index (Phi) is 41.0. The van der Waals surface area contributed by atoms with E-state index < -0.39 is 0 Å². The van der Waals surface area contributed by atoms with Gasteiger partial charge in [-0.05, 0) is 38.5 Å². The van der Waals surface area contributed by atoms with Crippen molar-refractivity contribution in [3.05, 3.63) is 0 Å². The molecule has 0 fully saturated rings. The Morgan fingerprint density at radius 3 is 1.08 bits per heavy atom. The lowest BCUT2D eigenvalue weighted by Crippen LogP contribution is -3.00. The average molecular weight is 677 g/mol. The number of unbranched alkanes of at least 4 members (excludes halogenated alkanes) is 12. The molecule has 38 heavy (non-hydrogen) atoms. The second kappa shape index (κ2) is 34.0. The predicted molar refractivity (Wildman–Crippen MR) is 162 cm³/mol. The van der Waals surface area contributed by atoms with E-state index in [-0.39, 0.29) is 34.0 Å². The number of halogens is 2. The molecule has 6 heteroatoms. The molecule has 0 spiro atoms. The summed E-state index contributed by atoms with van der Waals surface area (Å²) in [7, 11) is 9.31. The van der Waals surface area contributed by atoms with E-state index in [9.17, 15) is 0 Å². The van der Waals surface area contributed by atoms with Gasteiger partial charge in [0.2, 0.25) is 0 Å². The number of nitrogens with zero attached hydrogens (tertiary/aromatic N) is 2. The van der Waals surface area contributed by atoms with Gasteiger partial charge in [-0.3, -0.25) is 0 Å². The van der Waals surface area contributed by atoms with E-state index >= 15 is 0 Å². The van der Waals surface area contributed by atoms with Gasteiger partial charge in [0.15, 0.2) is 0 Å². The molecule has 0 aromatic heterocycles. The summed E-state index contributed by atoms with van der Waals surface area (Å²) < 4.78 is 13.6. The van der Waals surface area contributed by atoms with Crippen molar-refractivity contribution in [3.63, 3.8) is 0 Å². The highest BCUT2D eigenvalue weighted by Crippen LogP contribution is 2.08. The molecule has 0 bridgehead atoms. The topological polar surface area (TPSA) is 18.5 Å². The Morgan fingerprint density at radius 1 is 0.342 bits per heavy atom. The monoisotopic (exact) mass is 674 g/mol. The second-order valence-electron chi connectivity index (χ2n) is 12.2. The van der Waals surface area contributed by atoms with Crippen molar-refractivity contribution in [2.45, 2.75) is 130 Å². The minimum atomic E-state index is 0. The molecule has 0 N–H and O–H groups in total. The van der Waals surface area contributed by atoms with Crippen LogP contribution in [0.3, 0.4) is 0 Å². The van der Waals surface area contributed by atoms with Gasteiger partial charge in [0, 0.05) is 13.2 Å². The molecule has 0 saturated heterocycles. The summed E-state index contributed by atoms with van der Waals surface area (Å²) in [6, 6.07) is 0. The maximum atomic E-state index is 5.73. The highest BCUT2D eigenvalue weighted by atomic mass is 79.9. The summed E-state index contributed by atoms with van der Waals surface area (Å²) in [5, 5.41) is 0. The summed E-state index contributed by atoms with van der Waals surface area (Å²) in [5.41, 5.74) is 0. The third kappa shape index (κ3) is 38.9. The summed E-state index contributed by atoms with van der Waals surface area (Å²) in [6.07, 6.45) is 21.5. The number of rotatable bonds is 26. The first-order chi connectivity index (χ1) is 17.2. The van der Waals surface area contributed by atoms with E-state index in [1.165, 1.54) is 116 Å². The smallest absolute Gasteiger partial charge is 0.102 e. The molecule has 0 amide bonds. The Bertz CT molecular complexity index is 424. The first-order valence-electron chi connectivity index (χ1n) is 16.0. The Balaban J connectivity index is -0.000000289. The SMILES string of the molecule is CCCCCCCC[N+](C)(C)CCOCCCC.CCCCCCOCC[N+](C)(C)CCCCCC.[Br-].[Br-]. The molecule has 0 unspecified atom stereocenters. The van der Waals surface area contributed by atoms with Crippen molar-refractivity contribution in [1.29, 1.82) is 0 Å². The number of quaternary nitrogens is 2. The van der Waals surface area contributed by atoms with Gasteiger partial charge in [0.05, 0.1) is 54.5 Å². The zero-order chi connectivity index (χ0) is 27.4.